The molecule has 2 amide bonds. The Balaban J connectivity index is 2.05. The Kier molecular flexibility index (Phi) is 4.35. The second-order valence-electron chi connectivity index (χ2n) is 3.79. The molecule has 106 valence electrons. The van der Waals surface area contributed by atoms with Crippen molar-refractivity contribution in [3.8, 4) is 0 Å². The third kappa shape index (κ3) is 3.54. The van der Waals surface area contributed by atoms with Crippen LogP contribution in [0.1, 0.15) is 11.6 Å². The lowest BCUT2D eigenvalue weighted by Gasteiger charge is -2.12. The van der Waals surface area contributed by atoms with Gasteiger partial charge in [-0.3, -0.25) is 10.00 Å². The van der Waals surface area contributed by atoms with Crippen LogP contribution >= 0.6 is 27.3 Å². The summed E-state index contributed by atoms with van der Waals surface area (Å²) in [5, 5.41) is 18.2. The van der Waals surface area contributed by atoms with Gasteiger partial charge in [0.05, 0.1) is 16.2 Å². The van der Waals surface area contributed by atoms with E-state index in [0.717, 1.165) is 3.79 Å². The van der Waals surface area contributed by atoms with Crippen molar-refractivity contribution < 1.29 is 14.7 Å². The summed E-state index contributed by atoms with van der Waals surface area (Å²) in [7, 11) is 1.66. The number of carbonyl (C=O) groups is 2. The molecule has 0 aliphatic carbocycles. The maximum atomic E-state index is 11.8. The number of halogens is 1. The van der Waals surface area contributed by atoms with Gasteiger partial charge >= 0.3 is 12.0 Å². The molecule has 0 aliphatic heterocycles. The number of carboxylic acid groups (broad SMARTS) is 1. The fourth-order valence-corrected chi connectivity index (χ4v) is 2.55. The molecule has 1 atom stereocenters. The van der Waals surface area contributed by atoms with Crippen molar-refractivity contribution in [3.05, 3.63) is 27.9 Å². The summed E-state index contributed by atoms with van der Waals surface area (Å²) in [5.41, 5.74) is 0.385. The standard InChI is InChI=1S/C10H10BrN5O3S/c1-16-4-5(2-13-16)7(8(17)18)14-9(19)15-10-12-3-6(11)20-10/h2-4,7H,1H3,(H,17,18)(H2,12,14,15,19). The van der Waals surface area contributed by atoms with E-state index < -0.39 is 18.0 Å². The van der Waals surface area contributed by atoms with E-state index in [9.17, 15) is 9.59 Å². The molecule has 2 aromatic heterocycles. The summed E-state index contributed by atoms with van der Waals surface area (Å²) in [6.45, 7) is 0. The van der Waals surface area contributed by atoms with E-state index in [1.807, 2.05) is 0 Å². The average Bonchev–Trinajstić information content (AvgIpc) is 2.95. The molecule has 0 radical (unpaired) electrons. The van der Waals surface area contributed by atoms with Gasteiger partial charge in [0.25, 0.3) is 0 Å². The third-order valence-electron chi connectivity index (χ3n) is 2.28. The zero-order valence-electron chi connectivity index (χ0n) is 10.2. The minimum absolute atomic E-state index is 0.365. The molecule has 3 N–H and O–H groups in total. The number of rotatable bonds is 4. The van der Waals surface area contributed by atoms with Gasteiger partial charge in [0, 0.05) is 18.8 Å². The highest BCUT2D eigenvalue weighted by molar-refractivity contribution is 9.11. The van der Waals surface area contributed by atoms with Gasteiger partial charge < -0.3 is 10.4 Å². The number of hydrogen-bond donors (Lipinski definition) is 3. The number of thiazole rings is 1. The molecule has 0 spiro atoms. The lowest BCUT2D eigenvalue weighted by molar-refractivity contribution is -0.139. The van der Waals surface area contributed by atoms with Crippen LogP contribution in [0.3, 0.4) is 0 Å². The van der Waals surface area contributed by atoms with Crippen molar-refractivity contribution in [2.45, 2.75) is 6.04 Å². The maximum Gasteiger partial charge on any atom is 0.331 e. The number of amides is 2. The molecule has 0 aliphatic rings. The van der Waals surface area contributed by atoms with Crippen LogP contribution in [-0.2, 0) is 11.8 Å². The van der Waals surface area contributed by atoms with Crippen molar-refractivity contribution in [2.75, 3.05) is 5.32 Å². The van der Waals surface area contributed by atoms with Gasteiger partial charge in [0.1, 0.15) is 0 Å². The lowest BCUT2D eigenvalue weighted by Crippen LogP contribution is -2.36. The van der Waals surface area contributed by atoms with Crippen LogP contribution in [0.5, 0.6) is 0 Å². The first-order chi connectivity index (χ1) is 9.45. The van der Waals surface area contributed by atoms with E-state index in [1.165, 1.54) is 34.6 Å². The van der Waals surface area contributed by atoms with Crippen LogP contribution in [0.2, 0.25) is 0 Å². The van der Waals surface area contributed by atoms with E-state index in [1.54, 1.807) is 7.05 Å². The Bertz CT molecular complexity index is 640. The van der Waals surface area contributed by atoms with Gasteiger partial charge in [-0.1, -0.05) is 11.3 Å². The number of anilines is 1. The van der Waals surface area contributed by atoms with Gasteiger partial charge in [-0.25, -0.2) is 14.6 Å². The highest BCUT2D eigenvalue weighted by Crippen LogP contribution is 2.23. The molecule has 2 heterocycles. The second-order valence-corrected chi connectivity index (χ2v) is 6.20. The minimum Gasteiger partial charge on any atom is -0.479 e. The van der Waals surface area contributed by atoms with Crippen LogP contribution in [0.15, 0.2) is 22.4 Å². The van der Waals surface area contributed by atoms with Gasteiger partial charge in [0.15, 0.2) is 11.2 Å². The Morgan fingerprint density at radius 1 is 1.50 bits per heavy atom. The van der Waals surface area contributed by atoms with E-state index in [-0.39, 0.29) is 0 Å². The van der Waals surface area contributed by atoms with Crippen molar-refractivity contribution in [3.63, 3.8) is 0 Å². The smallest absolute Gasteiger partial charge is 0.331 e. The zero-order chi connectivity index (χ0) is 14.7. The SMILES string of the molecule is Cn1cc(C(NC(=O)Nc2ncc(Br)s2)C(=O)O)cn1. The van der Waals surface area contributed by atoms with Gasteiger partial charge in [-0.2, -0.15) is 5.10 Å². The van der Waals surface area contributed by atoms with E-state index >= 15 is 0 Å². The van der Waals surface area contributed by atoms with Crippen LogP contribution in [0.4, 0.5) is 9.93 Å². The highest BCUT2D eigenvalue weighted by Gasteiger charge is 2.23. The third-order valence-corrected chi connectivity index (χ3v) is 3.67. The molecule has 2 rings (SSSR count). The van der Waals surface area contributed by atoms with Crippen molar-refractivity contribution in [2.24, 2.45) is 7.05 Å². The molecule has 0 fully saturated rings. The molecule has 20 heavy (non-hydrogen) atoms. The van der Waals surface area contributed by atoms with Gasteiger partial charge in [-0.05, 0) is 15.9 Å². The summed E-state index contributed by atoms with van der Waals surface area (Å²) < 4.78 is 2.22. The van der Waals surface area contributed by atoms with Gasteiger partial charge in [-0.15, -0.1) is 0 Å². The number of aromatic nitrogens is 3. The first kappa shape index (κ1) is 14.5. The van der Waals surface area contributed by atoms with Crippen molar-refractivity contribution >= 4 is 44.4 Å². The van der Waals surface area contributed by atoms with Crippen LogP contribution in [0, 0.1) is 0 Å². The normalized spacial score (nSPS) is 11.9. The Morgan fingerprint density at radius 2 is 2.25 bits per heavy atom. The first-order valence-electron chi connectivity index (χ1n) is 5.36. The van der Waals surface area contributed by atoms with Gasteiger partial charge in [0.2, 0.25) is 0 Å². The molecular weight excluding hydrogens is 350 g/mol. The van der Waals surface area contributed by atoms with Crippen LogP contribution in [-0.4, -0.2) is 31.9 Å². The maximum absolute atomic E-state index is 11.8. The summed E-state index contributed by atoms with van der Waals surface area (Å²) >= 11 is 4.44. The Morgan fingerprint density at radius 3 is 2.75 bits per heavy atom. The molecule has 10 heteroatoms. The van der Waals surface area contributed by atoms with E-state index in [0.29, 0.717) is 10.7 Å². The topological polar surface area (TPSA) is 109 Å². The second kappa shape index (κ2) is 6.01. The molecule has 0 saturated heterocycles. The molecule has 1 unspecified atom stereocenters. The fraction of sp³-hybridized carbons (Fsp3) is 0.200. The number of hydrogen-bond acceptors (Lipinski definition) is 5. The van der Waals surface area contributed by atoms with Crippen molar-refractivity contribution in [1.82, 2.24) is 20.1 Å². The quantitative estimate of drug-likeness (QED) is 0.767. The molecule has 0 saturated carbocycles. The number of carboxylic acids is 1. The molecule has 2 aromatic rings. The number of carbonyl (C=O) groups excluding carboxylic acids is 1. The molecule has 0 aromatic carbocycles. The number of aryl methyl sites for hydroxylation is 1. The monoisotopic (exact) mass is 359 g/mol. The summed E-state index contributed by atoms with van der Waals surface area (Å²) in [6, 6.07) is -1.82. The van der Waals surface area contributed by atoms with E-state index in [4.69, 9.17) is 5.11 Å². The fourth-order valence-electron chi connectivity index (χ4n) is 1.45. The molecule has 0 bridgehead atoms. The van der Waals surface area contributed by atoms with Crippen molar-refractivity contribution in [1.29, 1.82) is 0 Å². The summed E-state index contributed by atoms with van der Waals surface area (Å²) in [6.07, 6.45) is 4.45. The summed E-state index contributed by atoms with van der Waals surface area (Å²) in [4.78, 5) is 26.9. The largest absolute Gasteiger partial charge is 0.479 e. The van der Waals surface area contributed by atoms with Crippen LogP contribution < -0.4 is 10.6 Å². The Labute approximate surface area is 126 Å². The predicted molar refractivity (Wildman–Crippen MR) is 75.6 cm³/mol. The van der Waals surface area contributed by atoms with Crippen LogP contribution in [0.25, 0.3) is 0 Å². The predicted octanol–water partition coefficient (Wildman–Crippen LogP) is 1.59. The zero-order valence-corrected chi connectivity index (χ0v) is 12.6. The van der Waals surface area contributed by atoms with E-state index in [2.05, 4.69) is 36.6 Å². The number of nitrogens with one attached hydrogen (secondary N) is 2. The minimum atomic E-state index is -1.17. The Hall–Kier alpha value is -1.94. The summed E-state index contributed by atoms with van der Waals surface area (Å²) in [5.74, 6) is -1.17. The number of aliphatic carboxylic acids is 1. The first-order valence-corrected chi connectivity index (χ1v) is 6.97. The average molecular weight is 360 g/mol. The highest BCUT2D eigenvalue weighted by atomic mass is 79.9. The number of urea groups is 1. The molecule has 8 nitrogen and oxygen atoms in total. The number of nitrogens with zero attached hydrogens (tertiary/aromatic N) is 3. The molecular formula is C10H10BrN5O3S. The lowest BCUT2D eigenvalue weighted by atomic mass is 10.2.